The Hall–Kier alpha value is -1.42. The van der Waals surface area contributed by atoms with Crippen LogP contribution in [0.5, 0.6) is 0 Å². The zero-order valence-electron chi connectivity index (χ0n) is 8.04. The SMILES string of the molecule is CN[C@@H](C)c1ccc(F)cc1C(=O)O. The lowest BCUT2D eigenvalue weighted by Gasteiger charge is -2.13. The summed E-state index contributed by atoms with van der Waals surface area (Å²) in [6.07, 6.45) is 0. The predicted molar refractivity (Wildman–Crippen MR) is 50.8 cm³/mol. The topological polar surface area (TPSA) is 49.3 Å². The summed E-state index contributed by atoms with van der Waals surface area (Å²) in [5.74, 6) is -1.64. The Balaban J connectivity index is 3.21. The van der Waals surface area contributed by atoms with Crippen molar-refractivity contribution in [2.75, 3.05) is 7.05 Å². The van der Waals surface area contributed by atoms with Gasteiger partial charge in [-0.1, -0.05) is 6.07 Å². The van der Waals surface area contributed by atoms with Crippen LogP contribution in [0.2, 0.25) is 0 Å². The third-order valence-corrected chi connectivity index (χ3v) is 2.15. The summed E-state index contributed by atoms with van der Waals surface area (Å²) in [5, 5.41) is 11.8. The average molecular weight is 197 g/mol. The second-order valence-electron chi connectivity index (χ2n) is 3.05. The van der Waals surface area contributed by atoms with E-state index in [1.165, 1.54) is 12.1 Å². The van der Waals surface area contributed by atoms with Crippen molar-refractivity contribution < 1.29 is 14.3 Å². The Morgan fingerprint density at radius 2 is 2.21 bits per heavy atom. The van der Waals surface area contributed by atoms with E-state index in [0.717, 1.165) is 6.07 Å². The fraction of sp³-hybridized carbons (Fsp3) is 0.300. The van der Waals surface area contributed by atoms with E-state index >= 15 is 0 Å². The van der Waals surface area contributed by atoms with Crippen LogP contribution in [0.4, 0.5) is 4.39 Å². The molecule has 0 aliphatic carbocycles. The minimum Gasteiger partial charge on any atom is -0.478 e. The van der Waals surface area contributed by atoms with E-state index < -0.39 is 11.8 Å². The quantitative estimate of drug-likeness (QED) is 0.776. The number of carboxylic acids is 1. The van der Waals surface area contributed by atoms with Gasteiger partial charge in [0.05, 0.1) is 5.56 Å². The van der Waals surface area contributed by atoms with Gasteiger partial charge in [0, 0.05) is 6.04 Å². The number of hydrogen-bond acceptors (Lipinski definition) is 2. The Morgan fingerprint density at radius 1 is 1.57 bits per heavy atom. The number of benzene rings is 1. The largest absolute Gasteiger partial charge is 0.478 e. The first kappa shape index (κ1) is 10.7. The highest BCUT2D eigenvalue weighted by molar-refractivity contribution is 5.89. The molecule has 0 saturated carbocycles. The summed E-state index contributed by atoms with van der Waals surface area (Å²) in [7, 11) is 1.72. The minimum absolute atomic E-state index is 0.00634. The van der Waals surface area contributed by atoms with Crippen LogP contribution in [-0.4, -0.2) is 18.1 Å². The molecular weight excluding hydrogens is 185 g/mol. The highest BCUT2D eigenvalue weighted by Gasteiger charge is 2.14. The lowest BCUT2D eigenvalue weighted by Crippen LogP contribution is -2.16. The molecule has 0 saturated heterocycles. The second kappa shape index (κ2) is 4.19. The molecule has 0 heterocycles. The molecule has 0 aliphatic heterocycles. The van der Waals surface area contributed by atoms with Crippen molar-refractivity contribution in [3.05, 3.63) is 35.1 Å². The lowest BCUT2D eigenvalue weighted by molar-refractivity contribution is 0.0694. The summed E-state index contributed by atoms with van der Waals surface area (Å²) in [6, 6.07) is 3.67. The molecule has 1 aromatic carbocycles. The predicted octanol–water partition coefficient (Wildman–Crippen LogP) is 1.80. The van der Waals surface area contributed by atoms with Crippen molar-refractivity contribution in [2.24, 2.45) is 0 Å². The van der Waals surface area contributed by atoms with Gasteiger partial charge >= 0.3 is 5.97 Å². The van der Waals surface area contributed by atoms with E-state index in [-0.39, 0.29) is 11.6 Å². The average Bonchev–Trinajstić information content (AvgIpc) is 2.16. The van der Waals surface area contributed by atoms with Gasteiger partial charge in [0.25, 0.3) is 0 Å². The van der Waals surface area contributed by atoms with Gasteiger partial charge in [0.2, 0.25) is 0 Å². The summed E-state index contributed by atoms with van der Waals surface area (Å²) < 4.78 is 12.8. The maximum absolute atomic E-state index is 12.8. The Morgan fingerprint density at radius 3 is 2.71 bits per heavy atom. The third-order valence-electron chi connectivity index (χ3n) is 2.15. The first-order chi connectivity index (χ1) is 6.56. The molecule has 0 aromatic heterocycles. The van der Waals surface area contributed by atoms with Crippen LogP contribution in [0, 0.1) is 5.82 Å². The highest BCUT2D eigenvalue weighted by atomic mass is 19.1. The molecule has 0 aliphatic rings. The second-order valence-corrected chi connectivity index (χ2v) is 3.05. The first-order valence-corrected chi connectivity index (χ1v) is 4.26. The highest BCUT2D eigenvalue weighted by Crippen LogP contribution is 2.18. The maximum atomic E-state index is 12.8. The molecule has 4 heteroatoms. The number of nitrogens with one attached hydrogen (secondary N) is 1. The van der Waals surface area contributed by atoms with Gasteiger partial charge in [0.15, 0.2) is 0 Å². The molecule has 0 fully saturated rings. The van der Waals surface area contributed by atoms with E-state index in [9.17, 15) is 9.18 Å². The van der Waals surface area contributed by atoms with Gasteiger partial charge in [0.1, 0.15) is 5.82 Å². The molecule has 1 rings (SSSR count). The molecule has 14 heavy (non-hydrogen) atoms. The molecule has 1 atom stereocenters. The van der Waals surface area contributed by atoms with E-state index in [1.807, 2.05) is 6.92 Å². The van der Waals surface area contributed by atoms with Crippen LogP contribution < -0.4 is 5.32 Å². The fourth-order valence-corrected chi connectivity index (χ4v) is 1.25. The van der Waals surface area contributed by atoms with Crippen LogP contribution in [0.15, 0.2) is 18.2 Å². The minimum atomic E-state index is -1.11. The van der Waals surface area contributed by atoms with Crippen molar-refractivity contribution in [1.82, 2.24) is 5.32 Å². The van der Waals surface area contributed by atoms with Crippen LogP contribution in [0.25, 0.3) is 0 Å². The molecule has 2 N–H and O–H groups in total. The summed E-state index contributed by atoms with van der Waals surface area (Å²) >= 11 is 0. The number of aromatic carboxylic acids is 1. The smallest absolute Gasteiger partial charge is 0.336 e. The van der Waals surface area contributed by atoms with E-state index in [4.69, 9.17) is 5.11 Å². The molecular formula is C10H12FNO2. The molecule has 3 nitrogen and oxygen atoms in total. The van der Waals surface area contributed by atoms with Crippen molar-refractivity contribution in [3.63, 3.8) is 0 Å². The van der Waals surface area contributed by atoms with Crippen molar-refractivity contribution in [3.8, 4) is 0 Å². The fourth-order valence-electron chi connectivity index (χ4n) is 1.25. The third kappa shape index (κ3) is 2.09. The number of rotatable bonds is 3. The summed E-state index contributed by atoms with van der Waals surface area (Å²) in [6.45, 7) is 1.82. The van der Waals surface area contributed by atoms with Crippen molar-refractivity contribution in [2.45, 2.75) is 13.0 Å². The van der Waals surface area contributed by atoms with E-state index in [2.05, 4.69) is 5.32 Å². The number of carbonyl (C=O) groups is 1. The van der Waals surface area contributed by atoms with Gasteiger partial charge in [-0.05, 0) is 31.7 Å². The summed E-state index contributed by atoms with van der Waals surface area (Å²) in [4.78, 5) is 10.8. The Labute approximate surface area is 81.6 Å². The number of hydrogen-bond donors (Lipinski definition) is 2. The van der Waals surface area contributed by atoms with Gasteiger partial charge in [-0.3, -0.25) is 0 Å². The monoisotopic (exact) mass is 197 g/mol. The van der Waals surface area contributed by atoms with Gasteiger partial charge in [-0.2, -0.15) is 0 Å². The van der Waals surface area contributed by atoms with Crippen molar-refractivity contribution in [1.29, 1.82) is 0 Å². The van der Waals surface area contributed by atoms with Gasteiger partial charge < -0.3 is 10.4 Å². The Bertz CT molecular complexity index is 352. The molecule has 0 amide bonds. The lowest BCUT2D eigenvalue weighted by atomic mass is 10.0. The molecule has 0 unspecified atom stereocenters. The molecule has 0 spiro atoms. The van der Waals surface area contributed by atoms with Crippen LogP contribution in [0.1, 0.15) is 28.9 Å². The Kier molecular flexibility index (Phi) is 3.19. The first-order valence-electron chi connectivity index (χ1n) is 4.26. The van der Waals surface area contributed by atoms with E-state index in [1.54, 1.807) is 7.05 Å². The molecule has 1 aromatic rings. The van der Waals surface area contributed by atoms with Crippen LogP contribution in [0.3, 0.4) is 0 Å². The van der Waals surface area contributed by atoms with E-state index in [0.29, 0.717) is 5.56 Å². The number of halogens is 1. The number of carboxylic acid groups (broad SMARTS) is 1. The molecule has 76 valence electrons. The maximum Gasteiger partial charge on any atom is 0.336 e. The molecule has 0 bridgehead atoms. The van der Waals surface area contributed by atoms with Crippen LogP contribution in [-0.2, 0) is 0 Å². The summed E-state index contributed by atoms with van der Waals surface area (Å²) in [5.41, 5.74) is 0.591. The van der Waals surface area contributed by atoms with Crippen molar-refractivity contribution >= 4 is 5.97 Å². The normalized spacial score (nSPS) is 12.5. The van der Waals surface area contributed by atoms with Gasteiger partial charge in [-0.15, -0.1) is 0 Å². The van der Waals surface area contributed by atoms with Crippen LogP contribution >= 0.6 is 0 Å². The van der Waals surface area contributed by atoms with Gasteiger partial charge in [-0.25, -0.2) is 9.18 Å². The zero-order valence-corrected chi connectivity index (χ0v) is 8.04. The zero-order chi connectivity index (χ0) is 10.7. The standard InChI is InChI=1S/C10H12FNO2/c1-6(12-2)8-4-3-7(11)5-9(8)10(13)14/h3-6,12H,1-2H3,(H,13,14)/t6-/m0/s1. The molecule has 0 radical (unpaired) electrons.